The zero-order valence-electron chi connectivity index (χ0n) is 12.5. The number of alkyl halides is 2. The molecular formula is C15H13F2N3O4. The van der Waals surface area contributed by atoms with Gasteiger partial charge < -0.3 is 9.47 Å². The number of nitrogens with one attached hydrogen (secondary N) is 1. The highest BCUT2D eigenvalue weighted by Gasteiger charge is 2.10. The second-order valence-corrected chi connectivity index (χ2v) is 4.47. The van der Waals surface area contributed by atoms with Crippen molar-refractivity contribution in [3.8, 4) is 11.5 Å². The van der Waals surface area contributed by atoms with Crippen LogP contribution in [0, 0.1) is 10.1 Å². The van der Waals surface area contributed by atoms with Crippen molar-refractivity contribution in [2.24, 2.45) is 5.10 Å². The van der Waals surface area contributed by atoms with Crippen molar-refractivity contribution >= 4 is 17.6 Å². The monoisotopic (exact) mass is 337 g/mol. The van der Waals surface area contributed by atoms with Crippen molar-refractivity contribution in [2.75, 3.05) is 12.5 Å². The van der Waals surface area contributed by atoms with E-state index in [4.69, 9.17) is 4.74 Å². The van der Waals surface area contributed by atoms with Gasteiger partial charge in [0, 0.05) is 12.1 Å². The summed E-state index contributed by atoms with van der Waals surface area (Å²) in [7, 11) is 1.33. The molecule has 0 spiro atoms. The van der Waals surface area contributed by atoms with E-state index < -0.39 is 11.5 Å². The summed E-state index contributed by atoms with van der Waals surface area (Å²) in [6.45, 7) is -2.95. The number of anilines is 1. The van der Waals surface area contributed by atoms with Gasteiger partial charge in [-0.05, 0) is 29.8 Å². The molecule has 1 N–H and O–H groups in total. The van der Waals surface area contributed by atoms with Gasteiger partial charge in [-0.25, -0.2) is 0 Å². The SMILES string of the molecule is COc1cc(/C=N\Nc2cccc([N+](=O)[O-])c2)ccc1OC(F)F. The van der Waals surface area contributed by atoms with Gasteiger partial charge in [-0.1, -0.05) is 6.07 Å². The number of benzene rings is 2. The lowest BCUT2D eigenvalue weighted by atomic mass is 10.2. The van der Waals surface area contributed by atoms with Crippen LogP contribution in [0.3, 0.4) is 0 Å². The van der Waals surface area contributed by atoms with Crippen LogP contribution in [0.2, 0.25) is 0 Å². The number of halogens is 2. The predicted octanol–water partition coefficient (Wildman–Crippen LogP) is 3.65. The van der Waals surface area contributed by atoms with Gasteiger partial charge in [0.15, 0.2) is 11.5 Å². The van der Waals surface area contributed by atoms with Crippen molar-refractivity contribution in [3.63, 3.8) is 0 Å². The van der Waals surface area contributed by atoms with Crippen molar-refractivity contribution < 1.29 is 23.2 Å². The van der Waals surface area contributed by atoms with Crippen molar-refractivity contribution in [2.45, 2.75) is 6.61 Å². The van der Waals surface area contributed by atoms with Gasteiger partial charge in [-0.15, -0.1) is 0 Å². The minimum atomic E-state index is -2.95. The molecule has 126 valence electrons. The molecule has 0 aromatic heterocycles. The van der Waals surface area contributed by atoms with Crippen LogP contribution in [0.15, 0.2) is 47.6 Å². The van der Waals surface area contributed by atoms with E-state index >= 15 is 0 Å². The average molecular weight is 337 g/mol. The van der Waals surface area contributed by atoms with E-state index in [1.807, 2.05) is 0 Å². The Hall–Kier alpha value is -3.23. The Balaban J connectivity index is 2.09. The molecule has 0 aliphatic rings. The van der Waals surface area contributed by atoms with Crippen molar-refractivity contribution in [1.82, 2.24) is 0 Å². The maximum absolute atomic E-state index is 12.3. The standard InChI is InChI=1S/C15H13F2N3O4/c1-23-14-7-10(5-6-13(14)24-15(16)17)9-18-19-11-3-2-4-12(8-11)20(21)22/h2-9,15,19H,1H3/b18-9-. The number of hydrazone groups is 1. The van der Waals surface area contributed by atoms with Crippen LogP contribution < -0.4 is 14.9 Å². The van der Waals surface area contributed by atoms with Crippen LogP contribution in [0.1, 0.15) is 5.56 Å². The van der Waals surface area contributed by atoms with Crippen LogP contribution in [0.5, 0.6) is 11.5 Å². The fourth-order valence-corrected chi connectivity index (χ4v) is 1.83. The summed E-state index contributed by atoms with van der Waals surface area (Å²) in [6.07, 6.45) is 1.41. The highest BCUT2D eigenvalue weighted by atomic mass is 19.3. The summed E-state index contributed by atoms with van der Waals surface area (Å²) in [6, 6.07) is 10.1. The fraction of sp³-hybridized carbons (Fsp3) is 0.133. The van der Waals surface area contributed by atoms with Gasteiger partial charge in [0.05, 0.1) is 23.9 Å². The lowest BCUT2D eigenvalue weighted by Gasteiger charge is -2.10. The van der Waals surface area contributed by atoms with Crippen LogP contribution in [-0.2, 0) is 0 Å². The fourth-order valence-electron chi connectivity index (χ4n) is 1.83. The smallest absolute Gasteiger partial charge is 0.387 e. The minimum absolute atomic E-state index is 0.0645. The third-order valence-electron chi connectivity index (χ3n) is 2.87. The number of non-ortho nitro benzene ring substituents is 1. The second kappa shape index (κ2) is 7.86. The molecule has 2 rings (SSSR count). The Labute approximate surface area is 135 Å². The molecule has 0 radical (unpaired) electrons. The van der Waals surface area contributed by atoms with Gasteiger partial charge >= 0.3 is 6.61 Å². The zero-order valence-corrected chi connectivity index (χ0v) is 12.5. The number of nitrogens with zero attached hydrogens (tertiary/aromatic N) is 2. The first-order valence-corrected chi connectivity index (χ1v) is 6.66. The first kappa shape index (κ1) is 17.1. The summed E-state index contributed by atoms with van der Waals surface area (Å²) < 4.78 is 33.8. The van der Waals surface area contributed by atoms with Crippen molar-refractivity contribution in [1.29, 1.82) is 0 Å². The summed E-state index contributed by atoms with van der Waals surface area (Å²) >= 11 is 0. The molecule has 2 aromatic rings. The number of methoxy groups -OCH3 is 1. The number of hydrogen-bond acceptors (Lipinski definition) is 6. The van der Waals surface area contributed by atoms with Gasteiger partial charge in [0.1, 0.15) is 0 Å². The van der Waals surface area contributed by atoms with E-state index in [2.05, 4.69) is 15.3 Å². The third-order valence-corrected chi connectivity index (χ3v) is 2.87. The van der Waals surface area contributed by atoms with Gasteiger partial charge in [-0.2, -0.15) is 13.9 Å². The number of nitro benzene ring substituents is 1. The summed E-state index contributed by atoms with van der Waals surface area (Å²) in [5, 5.41) is 14.6. The minimum Gasteiger partial charge on any atom is -0.493 e. The molecule has 0 saturated carbocycles. The molecule has 0 saturated heterocycles. The third kappa shape index (κ3) is 4.63. The lowest BCUT2D eigenvalue weighted by Crippen LogP contribution is -2.03. The Kier molecular flexibility index (Phi) is 5.61. The topological polar surface area (TPSA) is 86.0 Å². The van der Waals surface area contributed by atoms with E-state index in [9.17, 15) is 18.9 Å². The largest absolute Gasteiger partial charge is 0.493 e. The van der Waals surface area contributed by atoms with E-state index in [1.54, 1.807) is 6.07 Å². The van der Waals surface area contributed by atoms with Crippen molar-refractivity contribution in [3.05, 3.63) is 58.1 Å². The molecule has 0 atom stereocenters. The van der Waals surface area contributed by atoms with Crippen LogP contribution >= 0.6 is 0 Å². The first-order chi connectivity index (χ1) is 11.5. The summed E-state index contributed by atoms with van der Waals surface area (Å²) in [5.41, 5.74) is 3.58. The van der Waals surface area contributed by atoms with Gasteiger partial charge in [0.25, 0.3) is 5.69 Å². The maximum atomic E-state index is 12.3. The number of rotatable bonds is 7. The Bertz CT molecular complexity index is 753. The van der Waals surface area contributed by atoms with E-state index in [0.717, 1.165) is 0 Å². The molecule has 0 fully saturated rings. The Morgan fingerprint density at radius 1 is 1.25 bits per heavy atom. The molecular weight excluding hydrogens is 324 g/mol. The highest BCUT2D eigenvalue weighted by molar-refractivity contribution is 5.81. The summed E-state index contributed by atoms with van der Waals surface area (Å²) in [5.74, 6) is 0.0471. The Morgan fingerprint density at radius 3 is 2.71 bits per heavy atom. The average Bonchev–Trinajstić information content (AvgIpc) is 2.56. The van der Waals surface area contributed by atoms with Crippen LogP contribution in [-0.4, -0.2) is 24.9 Å². The molecule has 0 aliphatic carbocycles. The quantitative estimate of drug-likeness (QED) is 0.473. The molecule has 7 nitrogen and oxygen atoms in total. The normalized spacial score (nSPS) is 10.8. The van der Waals surface area contributed by atoms with E-state index in [-0.39, 0.29) is 17.2 Å². The Morgan fingerprint density at radius 2 is 2.04 bits per heavy atom. The molecule has 2 aromatic carbocycles. The number of ether oxygens (including phenoxy) is 2. The molecule has 0 aliphatic heterocycles. The lowest BCUT2D eigenvalue weighted by molar-refractivity contribution is -0.384. The van der Waals surface area contributed by atoms with Crippen LogP contribution in [0.25, 0.3) is 0 Å². The van der Waals surface area contributed by atoms with Crippen LogP contribution in [0.4, 0.5) is 20.2 Å². The summed E-state index contributed by atoms with van der Waals surface area (Å²) in [4.78, 5) is 10.2. The van der Waals surface area contributed by atoms with Gasteiger partial charge in [-0.3, -0.25) is 15.5 Å². The van der Waals surface area contributed by atoms with E-state index in [1.165, 1.54) is 49.7 Å². The number of nitro groups is 1. The first-order valence-electron chi connectivity index (χ1n) is 6.66. The maximum Gasteiger partial charge on any atom is 0.387 e. The highest BCUT2D eigenvalue weighted by Crippen LogP contribution is 2.29. The molecule has 9 heteroatoms. The molecule has 0 unspecified atom stereocenters. The van der Waals surface area contributed by atoms with Gasteiger partial charge in [0.2, 0.25) is 0 Å². The zero-order chi connectivity index (χ0) is 17.5. The number of hydrogen-bond donors (Lipinski definition) is 1. The molecule has 24 heavy (non-hydrogen) atoms. The second-order valence-electron chi connectivity index (χ2n) is 4.47. The van der Waals surface area contributed by atoms with E-state index in [0.29, 0.717) is 11.3 Å². The molecule has 0 heterocycles. The molecule has 0 bridgehead atoms. The predicted molar refractivity (Wildman–Crippen MR) is 83.9 cm³/mol. The molecule has 0 amide bonds.